The van der Waals surface area contributed by atoms with Gasteiger partial charge in [0.2, 0.25) is 0 Å². The molecule has 28 heavy (non-hydrogen) atoms. The Morgan fingerprint density at radius 3 is 2.71 bits per heavy atom. The van der Waals surface area contributed by atoms with Crippen molar-refractivity contribution < 1.29 is 14.3 Å². The van der Waals surface area contributed by atoms with Gasteiger partial charge in [0.05, 0.1) is 25.5 Å². The minimum atomic E-state index is -0.356. The molecule has 0 bridgehead atoms. The van der Waals surface area contributed by atoms with Gasteiger partial charge in [0.15, 0.2) is 0 Å². The lowest BCUT2D eigenvalue weighted by Crippen LogP contribution is -2.18. The van der Waals surface area contributed by atoms with E-state index in [-0.39, 0.29) is 5.91 Å². The van der Waals surface area contributed by atoms with E-state index in [1.165, 1.54) is 7.11 Å². The van der Waals surface area contributed by atoms with E-state index in [0.29, 0.717) is 17.9 Å². The van der Waals surface area contributed by atoms with Crippen LogP contribution >= 0.6 is 15.9 Å². The average Bonchev–Trinajstić information content (AvgIpc) is 2.72. The van der Waals surface area contributed by atoms with Crippen molar-refractivity contribution in [2.24, 2.45) is 5.10 Å². The van der Waals surface area contributed by atoms with Gasteiger partial charge >= 0.3 is 0 Å². The summed E-state index contributed by atoms with van der Waals surface area (Å²) in [6.07, 6.45) is 2.53. The third kappa shape index (κ3) is 4.51. The summed E-state index contributed by atoms with van der Waals surface area (Å²) in [7, 11) is 1.52. The first kappa shape index (κ1) is 19.9. The van der Waals surface area contributed by atoms with Crippen LogP contribution < -0.4 is 14.9 Å². The highest BCUT2D eigenvalue weighted by Gasteiger charge is 2.12. The molecule has 6 heteroatoms. The molecule has 0 aliphatic heterocycles. The fourth-order valence-corrected chi connectivity index (χ4v) is 3.18. The first-order valence-corrected chi connectivity index (χ1v) is 9.74. The van der Waals surface area contributed by atoms with E-state index in [0.717, 1.165) is 33.0 Å². The van der Waals surface area contributed by atoms with Gasteiger partial charge in [-0.1, -0.05) is 53.2 Å². The minimum Gasteiger partial charge on any atom is -0.496 e. The van der Waals surface area contributed by atoms with Gasteiger partial charge in [-0.3, -0.25) is 4.79 Å². The molecule has 0 aromatic heterocycles. The van der Waals surface area contributed by atoms with Crippen LogP contribution in [0.3, 0.4) is 0 Å². The van der Waals surface area contributed by atoms with Crippen LogP contribution in [-0.2, 0) is 0 Å². The second kappa shape index (κ2) is 9.37. The van der Waals surface area contributed by atoms with Crippen LogP contribution in [0.25, 0.3) is 10.8 Å². The van der Waals surface area contributed by atoms with Crippen LogP contribution in [0.1, 0.15) is 29.3 Å². The maximum atomic E-state index is 12.5. The van der Waals surface area contributed by atoms with Crippen molar-refractivity contribution in [1.82, 2.24) is 5.43 Å². The molecule has 0 aliphatic rings. The predicted octanol–water partition coefficient (Wildman–Crippen LogP) is 5.16. The minimum absolute atomic E-state index is 0.356. The van der Waals surface area contributed by atoms with Gasteiger partial charge in [-0.15, -0.1) is 0 Å². The summed E-state index contributed by atoms with van der Waals surface area (Å²) in [6, 6.07) is 17.2. The Labute approximate surface area is 172 Å². The maximum absolute atomic E-state index is 12.5. The molecule has 3 aromatic rings. The molecular formula is C22H21BrN2O3. The summed E-state index contributed by atoms with van der Waals surface area (Å²) in [5, 5.41) is 6.25. The van der Waals surface area contributed by atoms with E-state index >= 15 is 0 Å². The fraction of sp³-hybridized carbons (Fsp3) is 0.182. The molecule has 0 unspecified atom stereocenters. The normalized spacial score (nSPS) is 11.0. The summed E-state index contributed by atoms with van der Waals surface area (Å²) in [6.45, 7) is 2.67. The Kier molecular flexibility index (Phi) is 6.66. The second-order valence-electron chi connectivity index (χ2n) is 6.09. The number of carbonyl (C=O) groups is 1. The molecule has 0 radical (unpaired) electrons. The van der Waals surface area contributed by atoms with Crippen molar-refractivity contribution in [1.29, 1.82) is 0 Å². The standard InChI is InChI=1S/C22H21BrN2O3/c1-3-12-28-21-10-8-15-6-4-5-7-17(15)19(21)14-24-25-22(26)18-13-16(23)9-11-20(18)27-2/h4-11,13-14H,3,12H2,1-2H3,(H,25,26)/b24-14-. The summed E-state index contributed by atoms with van der Waals surface area (Å²) in [5.74, 6) is 0.859. The van der Waals surface area contributed by atoms with E-state index in [1.807, 2.05) is 42.5 Å². The molecule has 3 aromatic carbocycles. The molecule has 1 N–H and O–H groups in total. The highest BCUT2D eigenvalue weighted by molar-refractivity contribution is 9.10. The first-order valence-electron chi connectivity index (χ1n) is 8.95. The van der Waals surface area contributed by atoms with Crippen molar-refractivity contribution in [3.05, 3.63) is 70.2 Å². The van der Waals surface area contributed by atoms with Crippen LogP contribution in [0, 0.1) is 0 Å². The highest BCUT2D eigenvalue weighted by Crippen LogP contribution is 2.27. The quantitative estimate of drug-likeness (QED) is 0.407. The Morgan fingerprint density at radius 1 is 1.14 bits per heavy atom. The molecule has 1 amide bonds. The third-order valence-corrected chi connectivity index (χ3v) is 4.65. The zero-order chi connectivity index (χ0) is 19.9. The number of methoxy groups -OCH3 is 1. The third-order valence-electron chi connectivity index (χ3n) is 4.16. The Bertz CT molecular complexity index is 1020. The second-order valence-corrected chi connectivity index (χ2v) is 7.01. The molecule has 0 saturated carbocycles. The molecule has 3 rings (SSSR count). The van der Waals surface area contributed by atoms with Crippen molar-refractivity contribution in [2.45, 2.75) is 13.3 Å². The number of carbonyl (C=O) groups excluding carboxylic acids is 1. The molecule has 5 nitrogen and oxygen atoms in total. The van der Waals surface area contributed by atoms with Crippen LogP contribution in [0.5, 0.6) is 11.5 Å². The number of nitrogens with zero attached hydrogens (tertiary/aromatic N) is 1. The largest absolute Gasteiger partial charge is 0.496 e. The van der Waals surface area contributed by atoms with Crippen LogP contribution in [-0.4, -0.2) is 25.8 Å². The zero-order valence-electron chi connectivity index (χ0n) is 15.7. The zero-order valence-corrected chi connectivity index (χ0v) is 17.3. The number of hydrogen-bond donors (Lipinski definition) is 1. The van der Waals surface area contributed by atoms with Crippen LogP contribution in [0.4, 0.5) is 0 Å². The lowest BCUT2D eigenvalue weighted by Gasteiger charge is -2.11. The smallest absolute Gasteiger partial charge is 0.275 e. The van der Waals surface area contributed by atoms with E-state index in [4.69, 9.17) is 9.47 Å². The number of hydrogen-bond acceptors (Lipinski definition) is 4. The number of rotatable bonds is 7. The Balaban J connectivity index is 1.88. The number of hydrazone groups is 1. The number of nitrogens with one attached hydrogen (secondary N) is 1. The summed E-state index contributed by atoms with van der Waals surface area (Å²) in [4.78, 5) is 12.5. The number of amides is 1. The SMILES string of the molecule is CCCOc1ccc2ccccc2c1/C=N\NC(=O)c1cc(Br)ccc1OC. The van der Waals surface area contributed by atoms with Crippen molar-refractivity contribution in [2.75, 3.05) is 13.7 Å². The van der Waals surface area contributed by atoms with Gasteiger partial charge in [0.25, 0.3) is 5.91 Å². The molecule has 0 spiro atoms. The predicted molar refractivity (Wildman–Crippen MR) is 115 cm³/mol. The molecular weight excluding hydrogens is 420 g/mol. The Hall–Kier alpha value is -2.86. The van der Waals surface area contributed by atoms with Crippen molar-refractivity contribution in [3.8, 4) is 11.5 Å². The van der Waals surface area contributed by atoms with E-state index in [1.54, 1.807) is 18.3 Å². The van der Waals surface area contributed by atoms with Gasteiger partial charge in [-0.05, 0) is 41.5 Å². The highest BCUT2D eigenvalue weighted by atomic mass is 79.9. The van der Waals surface area contributed by atoms with E-state index < -0.39 is 0 Å². The lowest BCUT2D eigenvalue weighted by molar-refractivity contribution is 0.0952. The lowest BCUT2D eigenvalue weighted by atomic mass is 10.0. The van der Waals surface area contributed by atoms with Gasteiger partial charge in [-0.2, -0.15) is 5.10 Å². The summed E-state index contributed by atoms with van der Waals surface area (Å²) < 4.78 is 11.9. The van der Waals surface area contributed by atoms with Gasteiger partial charge in [-0.25, -0.2) is 5.43 Å². The topological polar surface area (TPSA) is 59.9 Å². The molecule has 0 saturated heterocycles. The summed E-state index contributed by atoms with van der Waals surface area (Å²) in [5.41, 5.74) is 3.80. The fourth-order valence-electron chi connectivity index (χ4n) is 2.82. The van der Waals surface area contributed by atoms with Crippen LogP contribution in [0.2, 0.25) is 0 Å². The number of fused-ring (bicyclic) bond motifs is 1. The number of halogens is 1. The average molecular weight is 441 g/mol. The van der Waals surface area contributed by atoms with Crippen molar-refractivity contribution >= 4 is 38.8 Å². The van der Waals surface area contributed by atoms with Gasteiger partial charge < -0.3 is 9.47 Å². The molecule has 144 valence electrons. The molecule has 0 heterocycles. The van der Waals surface area contributed by atoms with E-state index in [9.17, 15) is 4.79 Å². The molecule has 0 aliphatic carbocycles. The first-order chi connectivity index (χ1) is 13.6. The summed E-state index contributed by atoms with van der Waals surface area (Å²) >= 11 is 3.37. The molecule has 0 fully saturated rings. The van der Waals surface area contributed by atoms with E-state index in [2.05, 4.69) is 33.4 Å². The van der Waals surface area contributed by atoms with Crippen LogP contribution in [0.15, 0.2) is 64.2 Å². The van der Waals surface area contributed by atoms with Gasteiger partial charge in [0, 0.05) is 10.0 Å². The number of ether oxygens (including phenoxy) is 2. The molecule has 0 atom stereocenters. The van der Waals surface area contributed by atoms with Gasteiger partial charge in [0.1, 0.15) is 11.5 Å². The van der Waals surface area contributed by atoms with Crippen molar-refractivity contribution in [3.63, 3.8) is 0 Å². The maximum Gasteiger partial charge on any atom is 0.275 e. The number of benzene rings is 3. The Morgan fingerprint density at radius 2 is 1.93 bits per heavy atom. The monoisotopic (exact) mass is 440 g/mol.